The Bertz CT molecular complexity index is 434. The second kappa shape index (κ2) is 5.85. The maximum absolute atomic E-state index is 11.9. The lowest BCUT2D eigenvalue weighted by molar-refractivity contribution is 0.0397. The fourth-order valence-electron chi connectivity index (χ4n) is 2.23. The molecule has 1 aliphatic carbocycles. The van der Waals surface area contributed by atoms with Gasteiger partial charge in [0.1, 0.15) is 6.10 Å². The lowest BCUT2D eigenvalue weighted by atomic mass is 9.89. The quantitative estimate of drug-likeness (QED) is 0.594. The van der Waals surface area contributed by atoms with Gasteiger partial charge >= 0.3 is 5.97 Å². The van der Waals surface area contributed by atoms with E-state index in [0.717, 1.165) is 18.8 Å². The molecule has 2 heteroatoms. The highest BCUT2D eigenvalue weighted by Crippen LogP contribution is 2.26. The topological polar surface area (TPSA) is 26.3 Å². The molecule has 0 bridgehead atoms. The molecule has 2 nitrogen and oxygen atoms in total. The fraction of sp³-hybridized carbons (Fsp3) is 0.438. The number of allylic oxidation sites excluding steroid dienone is 1. The molecule has 1 aromatic carbocycles. The van der Waals surface area contributed by atoms with Crippen LogP contribution in [0.3, 0.4) is 0 Å². The van der Waals surface area contributed by atoms with Crippen molar-refractivity contribution in [1.29, 1.82) is 0 Å². The molecule has 1 unspecified atom stereocenters. The summed E-state index contributed by atoms with van der Waals surface area (Å²) in [6.07, 6.45) is 5.47. The molecule has 96 valence electrons. The van der Waals surface area contributed by atoms with Crippen LogP contribution in [-0.2, 0) is 4.74 Å². The lowest BCUT2D eigenvalue weighted by Crippen LogP contribution is -2.19. The Kier molecular flexibility index (Phi) is 4.19. The Balaban J connectivity index is 1.96. The van der Waals surface area contributed by atoms with Crippen LogP contribution in [-0.4, -0.2) is 12.1 Å². The Morgan fingerprint density at radius 1 is 1.33 bits per heavy atom. The molecular formula is C16H20O2. The van der Waals surface area contributed by atoms with Gasteiger partial charge in [0.2, 0.25) is 0 Å². The van der Waals surface area contributed by atoms with Crippen LogP contribution in [0, 0.1) is 5.92 Å². The third-order valence-corrected chi connectivity index (χ3v) is 3.52. The largest absolute Gasteiger partial charge is 0.455 e. The number of hydrogen-bond donors (Lipinski definition) is 0. The summed E-state index contributed by atoms with van der Waals surface area (Å²) >= 11 is 0. The summed E-state index contributed by atoms with van der Waals surface area (Å²) in [6.45, 7) is 4.22. The van der Waals surface area contributed by atoms with Crippen molar-refractivity contribution in [3.05, 3.63) is 47.5 Å². The van der Waals surface area contributed by atoms with Gasteiger partial charge in [0.05, 0.1) is 5.56 Å². The minimum Gasteiger partial charge on any atom is -0.455 e. The average Bonchev–Trinajstić information content (AvgIpc) is 2.40. The highest BCUT2D eigenvalue weighted by atomic mass is 16.5. The van der Waals surface area contributed by atoms with Crippen molar-refractivity contribution in [3.8, 4) is 0 Å². The van der Waals surface area contributed by atoms with Gasteiger partial charge in [-0.2, -0.15) is 0 Å². The van der Waals surface area contributed by atoms with E-state index < -0.39 is 0 Å². The second-order valence-corrected chi connectivity index (χ2v) is 5.07. The summed E-state index contributed by atoms with van der Waals surface area (Å²) in [5.74, 6) is 0.522. The van der Waals surface area contributed by atoms with E-state index in [4.69, 9.17) is 4.74 Å². The number of benzene rings is 1. The van der Waals surface area contributed by atoms with Crippen molar-refractivity contribution >= 4 is 5.97 Å². The fourth-order valence-corrected chi connectivity index (χ4v) is 2.23. The highest BCUT2D eigenvalue weighted by molar-refractivity contribution is 5.89. The third kappa shape index (κ3) is 3.22. The van der Waals surface area contributed by atoms with Gasteiger partial charge < -0.3 is 4.74 Å². The van der Waals surface area contributed by atoms with Crippen LogP contribution in [0.5, 0.6) is 0 Å². The second-order valence-electron chi connectivity index (χ2n) is 5.07. The van der Waals surface area contributed by atoms with Gasteiger partial charge in [-0.15, -0.1) is 0 Å². The van der Waals surface area contributed by atoms with E-state index in [1.54, 1.807) is 12.1 Å². The Hall–Kier alpha value is -1.57. The van der Waals surface area contributed by atoms with Crippen LogP contribution in [0.2, 0.25) is 0 Å². The van der Waals surface area contributed by atoms with E-state index >= 15 is 0 Å². The zero-order valence-corrected chi connectivity index (χ0v) is 11.1. The summed E-state index contributed by atoms with van der Waals surface area (Å²) in [5, 5.41) is 0. The molecule has 18 heavy (non-hydrogen) atoms. The molecule has 0 spiro atoms. The molecule has 0 aliphatic heterocycles. The molecule has 0 radical (unpaired) electrons. The molecule has 0 saturated heterocycles. The predicted octanol–water partition coefficient (Wildman–Crippen LogP) is 3.98. The summed E-state index contributed by atoms with van der Waals surface area (Å²) in [6, 6.07) is 9.16. The molecule has 0 fully saturated rings. The van der Waals surface area contributed by atoms with Gasteiger partial charge in [-0.3, -0.25) is 0 Å². The normalized spacial score (nSPS) is 21.0. The Morgan fingerprint density at radius 3 is 2.67 bits per heavy atom. The minimum absolute atomic E-state index is 0.106. The number of hydrogen-bond acceptors (Lipinski definition) is 2. The van der Waals surface area contributed by atoms with Crippen LogP contribution >= 0.6 is 0 Å². The molecule has 0 amide bonds. The SMILES string of the molecule is CC(OC(=O)c1ccccc1)C1=CC[C@H](C)CC1. The zero-order valence-electron chi connectivity index (χ0n) is 11.1. The maximum atomic E-state index is 11.9. The molecule has 1 aliphatic rings. The first-order chi connectivity index (χ1) is 8.66. The van der Waals surface area contributed by atoms with Crippen LogP contribution in [0.15, 0.2) is 42.0 Å². The van der Waals surface area contributed by atoms with Gasteiger partial charge in [0.25, 0.3) is 0 Å². The van der Waals surface area contributed by atoms with Gasteiger partial charge in [-0.25, -0.2) is 4.79 Å². The van der Waals surface area contributed by atoms with Crippen molar-refractivity contribution in [2.75, 3.05) is 0 Å². The van der Waals surface area contributed by atoms with Crippen molar-refractivity contribution in [2.24, 2.45) is 5.92 Å². The van der Waals surface area contributed by atoms with Crippen LogP contribution in [0.25, 0.3) is 0 Å². The standard InChI is InChI=1S/C16H20O2/c1-12-8-10-14(11-9-12)13(2)18-16(17)15-6-4-3-5-7-15/h3-7,10,12-13H,8-9,11H2,1-2H3/t12-,13?/m0/s1. The smallest absolute Gasteiger partial charge is 0.338 e. The van der Waals surface area contributed by atoms with Crippen LogP contribution in [0.4, 0.5) is 0 Å². The number of esters is 1. The zero-order chi connectivity index (χ0) is 13.0. The molecule has 1 aromatic rings. The van der Waals surface area contributed by atoms with Crippen molar-refractivity contribution in [3.63, 3.8) is 0 Å². The molecule has 0 N–H and O–H groups in total. The van der Waals surface area contributed by atoms with Gasteiger partial charge in [0.15, 0.2) is 0 Å². The first kappa shape index (κ1) is 12.9. The molecule has 2 rings (SSSR count). The number of rotatable bonds is 3. The Labute approximate surface area is 109 Å². The first-order valence-corrected chi connectivity index (χ1v) is 6.61. The Morgan fingerprint density at radius 2 is 2.06 bits per heavy atom. The highest BCUT2D eigenvalue weighted by Gasteiger charge is 2.18. The number of ether oxygens (including phenoxy) is 1. The number of carbonyl (C=O) groups is 1. The molecule has 0 saturated carbocycles. The summed E-state index contributed by atoms with van der Waals surface area (Å²) in [7, 11) is 0. The third-order valence-electron chi connectivity index (χ3n) is 3.52. The minimum atomic E-state index is -0.234. The first-order valence-electron chi connectivity index (χ1n) is 6.61. The maximum Gasteiger partial charge on any atom is 0.338 e. The van der Waals surface area contributed by atoms with Crippen molar-refractivity contribution in [1.82, 2.24) is 0 Å². The summed E-state index contributed by atoms with van der Waals surface area (Å²) in [4.78, 5) is 11.9. The van der Waals surface area contributed by atoms with Crippen LogP contribution < -0.4 is 0 Å². The monoisotopic (exact) mass is 244 g/mol. The van der Waals surface area contributed by atoms with E-state index in [2.05, 4.69) is 13.0 Å². The van der Waals surface area contributed by atoms with Crippen molar-refractivity contribution in [2.45, 2.75) is 39.2 Å². The van der Waals surface area contributed by atoms with E-state index in [1.807, 2.05) is 25.1 Å². The summed E-state index contributed by atoms with van der Waals surface area (Å²) in [5.41, 5.74) is 1.88. The van der Waals surface area contributed by atoms with Gasteiger partial charge in [-0.1, -0.05) is 31.2 Å². The van der Waals surface area contributed by atoms with Gasteiger partial charge in [0, 0.05) is 0 Å². The molecular weight excluding hydrogens is 224 g/mol. The van der Waals surface area contributed by atoms with E-state index in [1.165, 1.54) is 12.0 Å². The predicted molar refractivity (Wildman–Crippen MR) is 72.4 cm³/mol. The molecule has 0 heterocycles. The average molecular weight is 244 g/mol. The molecule has 2 atom stereocenters. The van der Waals surface area contributed by atoms with Crippen LogP contribution in [0.1, 0.15) is 43.5 Å². The van der Waals surface area contributed by atoms with Gasteiger partial charge in [-0.05, 0) is 49.8 Å². The van der Waals surface area contributed by atoms with E-state index in [-0.39, 0.29) is 12.1 Å². The number of carbonyl (C=O) groups excluding carboxylic acids is 1. The lowest BCUT2D eigenvalue weighted by Gasteiger charge is -2.23. The van der Waals surface area contributed by atoms with E-state index in [9.17, 15) is 4.79 Å². The molecule has 0 aromatic heterocycles. The van der Waals surface area contributed by atoms with E-state index in [0.29, 0.717) is 5.56 Å². The summed E-state index contributed by atoms with van der Waals surface area (Å²) < 4.78 is 5.50. The van der Waals surface area contributed by atoms with Crippen molar-refractivity contribution < 1.29 is 9.53 Å².